The van der Waals surface area contributed by atoms with Crippen LogP contribution in [0.2, 0.25) is 0 Å². The summed E-state index contributed by atoms with van der Waals surface area (Å²) in [5, 5.41) is 0. The zero-order chi connectivity index (χ0) is 87.2. The summed E-state index contributed by atoms with van der Waals surface area (Å²) in [6.07, 6.45) is 117. The second kappa shape index (κ2) is 85.8. The summed E-state index contributed by atoms with van der Waals surface area (Å²) < 4.78 is 0. The Morgan fingerprint density at radius 3 is 0.358 bits per heavy atom. The molecule has 0 fully saturated rings. The molecule has 0 aromatic heterocycles. The fraction of sp³-hybridized carbons (Fsp3) is 0.800. The molecule has 3 heteroatoms. The molecule has 0 atom stereocenters. The van der Waals surface area contributed by atoms with Gasteiger partial charge in [0.25, 0.3) is 0 Å². The predicted molar refractivity (Wildman–Crippen MR) is 556 cm³/mol. The normalized spacial score (nSPS) is 11.7. The van der Waals surface area contributed by atoms with Crippen LogP contribution in [0.5, 0.6) is 0 Å². The number of benzene rings is 3. The summed E-state index contributed by atoms with van der Waals surface area (Å²) in [6.45, 7) is 20.6. The van der Waals surface area contributed by atoms with E-state index in [4.69, 9.17) is 0 Å². The van der Waals surface area contributed by atoms with Gasteiger partial charge in [-0.2, -0.15) is 0 Å². The van der Waals surface area contributed by atoms with Crippen molar-refractivity contribution in [2.75, 3.05) is 54.0 Å². The third kappa shape index (κ3) is 63.4. The molecular weight excluding hydrogens is 1480 g/mol. The van der Waals surface area contributed by atoms with Gasteiger partial charge in [-0.3, -0.25) is 0 Å². The predicted octanol–water partition coefficient (Wildman–Crippen LogP) is 39.5. The number of rotatable bonds is 93. The number of nitrogens with zero attached hydrogens (tertiary/aromatic N) is 3. The van der Waals surface area contributed by atoms with Gasteiger partial charge in [0.1, 0.15) is 0 Å². The van der Waals surface area contributed by atoms with Gasteiger partial charge >= 0.3 is 0 Å². The lowest BCUT2D eigenvalue weighted by molar-refractivity contribution is 0.529. The molecule has 0 heterocycles. The molecule has 0 N–H and O–H groups in total. The van der Waals surface area contributed by atoms with Crippen LogP contribution in [0.25, 0.3) is 0 Å². The van der Waals surface area contributed by atoms with Crippen molar-refractivity contribution in [2.24, 2.45) is 0 Å². The highest BCUT2D eigenvalue weighted by atomic mass is 15.1. The molecule has 3 aromatic rings. The van der Waals surface area contributed by atoms with E-state index in [0.717, 1.165) is 72.6 Å². The first-order chi connectivity index (χ1) is 61.0. The molecule has 0 saturated heterocycles. The van der Waals surface area contributed by atoms with Crippen LogP contribution in [-0.2, 0) is 0 Å². The Labute approximate surface area is 770 Å². The minimum absolute atomic E-state index is 1.04. The van der Waals surface area contributed by atoms with E-state index in [1.807, 2.05) is 0 Å². The summed E-state index contributed by atoms with van der Waals surface area (Å²) >= 11 is 0. The van der Waals surface area contributed by atoms with E-state index in [2.05, 4.69) is 146 Å². The topological polar surface area (TPSA) is 9.72 Å². The van der Waals surface area contributed by atoms with Gasteiger partial charge in [0.05, 0.1) is 0 Å². The van der Waals surface area contributed by atoms with Crippen LogP contribution in [0.3, 0.4) is 0 Å². The molecule has 0 radical (unpaired) electrons. The summed E-state index contributed by atoms with van der Waals surface area (Å²) in [6, 6.07) is 21.7. The first kappa shape index (κ1) is 111. The van der Waals surface area contributed by atoms with Gasteiger partial charge in [-0.25, -0.2) is 0 Å². The Bertz CT molecular complexity index is 2570. The van der Waals surface area contributed by atoms with Gasteiger partial charge in [0, 0.05) is 89.7 Å². The average molecular weight is 1690 g/mol. The summed E-state index contributed by atoms with van der Waals surface area (Å²) in [4.78, 5) is 8.28. The van der Waals surface area contributed by atoms with Gasteiger partial charge in [-0.1, -0.05) is 578 Å². The number of unbranched alkanes of at least 4 members (excludes halogenated alkanes) is 78. The minimum Gasteiger partial charge on any atom is -0.372 e. The number of hydrogen-bond acceptors (Lipinski definition) is 3. The molecule has 0 spiro atoms. The van der Waals surface area contributed by atoms with E-state index in [-0.39, 0.29) is 0 Å². The maximum Gasteiger partial charge on any atom is 0.0426 e. The lowest BCUT2D eigenvalue weighted by atomic mass is 10.00. The van der Waals surface area contributed by atoms with E-state index in [9.17, 15) is 0 Å². The van der Waals surface area contributed by atoms with Gasteiger partial charge in [0.15, 0.2) is 0 Å². The van der Waals surface area contributed by atoms with E-state index in [0.29, 0.717) is 0 Å². The van der Waals surface area contributed by atoms with Crippen LogP contribution in [0, 0.1) is 35.5 Å². The highest BCUT2D eigenvalue weighted by Gasteiger charge is 2.16. The third-order valence-corrected chi connectivity index (χ3v) is 27.8. The SMILES string of the molecule is CCCCCCCCCCCCCCCCN(CCCCCCCCCCCCCCCC)c1ccc2c(c1)C#Cc1ccc(N(CCCCCCCCCCCCCCCC)CCCCCCCCCCCCCCCC)cc1C#Cc1ccc(N(CCCCCCCCCCCCCCCC)CCCCCCCCCCCCCCCC)cc1C#C2. The Balaban J connectivity index is 1.69. The molecule has 123 heavy (non-hydrogen) atoms. The van der Waals surface area contributed by atoms with Gasteiger partial charge < -0.3 is 14.7 Å². The van der Waals surface area contributed by atoms with Crippen molar-refractivity contribution in [1.82, 2.24) is 0 Å². The van der Waals surface area contributed by atoms with Crippen LogP contribution >= 0.6 is 0 Å². The maximum atomic E-state index is 3.89. The van der Waals surface area contributed by atoms with E-state index in [1.165, 1.54) is 556 Å². The Kier molecular flexibility index (Phi) is 77.5. The third-order valence-electron chi connectivity index (χ3n) is 27.8. The van der Waals surface area contributed by atoms with Crippen molar-refractivity contribution in [2.45, 2.75) is 581 Å². The lowest BCUT2D eigenvalue weighted by Crippen LogP contribution is -2.26. The van der Waals surface area contributed by atoms with Crippen LogP contribution in [0.4, 0.5) is 17.1 Å². The molecule has 0 aliphatic heterocycles. The molecule has 702 valence electrons. The fourth-order valence-electron chi connectivity index (χ4n) is 19.3. The highest BCUT2D eigenvalue weighted by molar-refractivity contribution is 5.68. The quantitative estimate of drug-likeness (QED) is 0.0322. The number of anilines is 3. The number of fused-ring (bicyclic) bond motifs is 3. The largest absolute Gasteiger partial charge is 0.372 e. The first-order valence-corrected chi connectivity index (χ1v) is 56.3. The molecule has 3 nitrogen and oxygen atoms in total. The van der Waals surface area contributed by atoms with Crippen molar-refractivity contribution in [1.29, 1.82) is 0 Å². The maximum absolute atomic E-state index is 3.89. The van der Waals surface area contributed by atoms with Crippen molar-refractivity contribution in [3.05, 3.63) is 88.0 Å². The molecule has 3 aromatic carbocycles. The van der Waals surface area contributed by atoms with Crippen LogP contribution in [0.15, 0.2) is 54.6 Å². The summed E-state index contributed by atoms with van der Waals surface area (Å²) in [5.74, 6) is 23.2. The van der Waals surface area contributed by atoms with Crippen LogP contribution in [-0.4, -0.2) is 39.3 Å². The van der Waals surface area contributed by atoms with Crippen molar-refractivity contribution in [3.8, 4) is 35.5 Å². The molecule has 0 amide bonds. The lowest BCUT2D eigenvalue weighted by Gasteiger charge is -2.26. The minimum atomic E-state index is 1.04. The Morgan fingerprint density at radius 2 is 0.236 bits per heavy atom. The van der Waals surface area contributed by atoms with Crippen molar-refractivity contribution < 1.29 is 0 Å². The highest BCUT2D eigenvalue weighted by Crippen LogP contribution is 2.30. The molecular formula is C120H207N3. The Morgan fingerprint density at radius 1 is 0.130 bits per heavy atom. The van der Waals surface area contributed by atoms with Crippen LogP contribution in [0.1, 0.15) is 614 Å². The van der Waals surface area contributed by atoms with Crippen LogP contribution < -0.4 is 14.7 Å². The van der Waals surface area contributed by atoms with Gasteiger partial charge in [-0.15, -0.1) is 0 Å². The molecule has 1 aliphatic carbocycles. The average Bonchev–Trinajstić information content (AvgIpc) is 0.807. The Hall–Kier alpha value is -4.26. The van der Waals surface area contributed by atoms with E-state index >= 15 is 0 Å². The van der Waals surface area contributed by atoms with Crippen molar-refractivity contribution >= 4 is 17.1 Å². The summed E-state index contributed by atoms with van der Waals surface area (Å²) in [7, 11) is 0. The molecule has 0 unspecified atom stereocenters. The standard InChI is InChI=1S/C120H207N3/c1-7-13-19-25-31-37-43-49-55-61-67-73-79-85-103-121(104-86-80-74-68-62-56-50-44-38-32-26-20-14-8-2)118-100-97-112-92-95-116-110-120(123(107-89-83-77-71-65-59-53-47-41-35-29-23-17-11-5)108-90-84-78-72-66-60-54-48-42-36-30-24-18-12-6)102-99-114(116)93-96-117-111-119(101-98-113(117)91-94-115(112)109-118)122(105-87-81-75-69-63-57-51-45-39-33-27-21-15-9-3)106-88-82-76-70-64-58-52-46-40-34-28-22-16-10-4/h97-102,109-111H,7-90,103-108H2,1-6H3. The molecule has 0 saturated carbocycles. The molecule has 1 aliphatic rings. The number of hydrogen-bond donors (Lipinski definition) is 0. The van der Waals surface area contributed by atoms with E-state index in [1.54, 1.807) is 0 Å². The summed E-state index contributed by atoms with van der Waals surface area (Å²) in [5.41, 5.74) is 10.3. The molecule has 4 rings (SSSR count). The second-order valence-corrected chi connectivity index (χ2v) is 39.5. The van der Waals surface area contributed by atoms with Gasteiger partial charge in [-0.05, 0) is 93.1 Å². The second-order valence-electron chi connectivity index (χ2n) is 39.5. The smallest absolute Gasteiger partial charge is 0.0426 e. The monoisotopic (exact) mass is 1690 g/mol. The van der Waals surface area contributed by atoms with Gasteiger partial charge in [0.2, 0.25) is 0 Å². The fourth-order valence-corrected chi connectivity index (χ4v) is 19.3. The molecule has 0 bridgehead atoms. The zero-order valence-electron chi connectivity index (χ0n) is 83.7. The first-order valence-electron chi connectivity index (χ1n) is 56.3. The van der Waals surface area contributed by atoms with E-state index < -0.39 is 0 Å². The van der Waals surface area contributed by atoms with Crippen molar-refractivity contribution in [3.63, 3.8) is 0 Å². The zero-order valence-corrected chi connectivity index (χ0v) is 83.7.